The van der Waals surface area contributed by atoms with Crippen molar-refractivity contribution < 1.29 is 28.2 Å². The standard InChI is InChI=1S/C28H32N4O4/c1-6-29-12-13-30(20-29)17-24-8-10-25(11-9-24)18-31-19-26(32(7-2)21-31)16-23(5)28(34)36-15-14-35-27(33)22(3)4/h6-13,16,19-21H,1-3,14-15,17-18H2,4-5H3/q+2. The summed E-state index contributed by atoms with van der Waals surface area (Å²) in [5.41, 5.74) is 3.85. The van der Waals surface area contributed by atoms with Gasteiger partial charge in [0.1, 0.15) is 44.9 Å². The van der Waals surface area contributed by atoms with Gasteiger partial charge in [0.15, 0.2) is 5.69 Å². The molecule has 186 valence electrons. The molecular formula is C28H32N4O4+2. The quantitative estimate of drug-likeness (QED) is 0.170. The first-order valence-electron chi connectivity index (χ1n) is 11.5. The largest absolute Gasteiger partial charge is 0.459 e. The molecule has 0 saturated carbocycles. The van der Waals surface area contributed by atoms with Crippen molar-refractivity contribution in [3.63, 3.8) is 0 Å². The minimum Gasteiger partial charge on any atom is -0.459 e. The highest BCUT2D eigenvalue weighted by atomic mass is 16.6. The maximum Gasteiger partial charge on any atom is 0.333 e. The van der Waals surface area contributed by atoms with E-state index in [-0.39, 0.29) is 13.2 Å². The van der Waals surface area contributed by atoms with Crippen molar-refractivity contribution in [3.05, 3.63) is 103 Å². The molecule has 2 aromatic heterocycles. The Morgan fingerprint density at radius 1 is 0.917 bits per heavy atom. The summed E-state index contributed by atoms with van der Waals surface area (Å²) in [7, 11) is 0. The van der Waals surface area contributed by atoms with E-state index in [1.54, 1.807) is 32.3 Å². The summed E-state index contributed by atoms with van der Waals surface area (Å²) < 4.78 is 18.0. The Hall–Kier alpha value is -4.46. The van der Waals surface area contributed by atoms with Crippen molar-refractivity contribution in [2.24, 2.45) is 0 Å². The van der Waals surface area contributed by atoms with Crippen LogP contribution in [0.3, 0.4) is 0 Å². The van der Waals surface area contributed by atoms with Gasteiger partial charge < -0.3 is 9.47 Å². The molecule has 0 aliphatic carbocycles. The van der Waals surface area contributed by atoms with Gasteiger partial charge in [-0.2, -0.15) is 0 Å². The molecule has 0 spiro atoms. The average molecular weight is 489 g/mol. The summed E-state index contributed by atoms with van der Waals surface area (Å²) in [5, 5.41) is 0. The Kier molecular flexibility index (Phi) is 8.94. The lowest BCUT2D eigenvalue weighted by Gasteiger charge is -2.06. The highest BCUT2D eigenvalue weighted by Crippen LogP contribution is 2.10. The van der Waals surface area contributed by atoms with Crippen molar-refractivity contribution in [1.29, 1.82) is 0 Å². The number of carbonyl (C=O) groups excluding carboxylic acids is 2. The molecule has 8 nitrogen and oxygen atoms in total. The SMILES string of the molecule is C=Cn1cc[n+](Cc2ccc(C[n+]3cc(C=C(C)C(=O)OCCOC(=O)C(=C)C)n(C=C)c3)cc2)c1. The Bertz CT molecular complexity index is 1300. The molecule has 0 saturated heterocycles. The number of carbonyl (C=O) groups is 2. The van der Waals surface area contributed by atoms with Crippen LogP contribution in [0.25, 0.3) is 18.5 Å². The zero-order chi connectivity index (χ0) is 26.1. The number of esters is 2. The van der Waals surface area contributed by atoms with E-state index in [1.165, 1.54) is 5.56 Å². The summed E-state index contributed by atoms with van der Waals surface area (Å²) >= 11 is 0. The van der Waals surface area contributed by atoms with Crippen LogP contribution in [0.15, 0.2) is 86.4 Å². The Morgan fingerprint density at radius 3 is 2.08 bits per heavy atom. The second kappa shape index (κ2) is 12.3. The lowest BCUT2D eigenvalue weighted by atomic mass is 10.1. The summed E-state index contributed by atoms with van der Waals surface area (Å²) in [6.07, 6.45) is 15.0. The highest BCUT2D eigenvalue weighted by Gasteiger charge is 2.14. The van der Waals surface area contributed by atoms with Gasteiger partial charge in [-0.3, -0.25) is 0 Å². The van der Waals surface area contributed by atoms with Crippen LogP contribution in [0.4, 0.5) is 0 Å². The Balaban J connectivity index is 1.59. The molecule has 1 aromatic carbocycles. The molecule has 8 heteroatoms. The van der Waals surface area contributed by atoms with E-state index in [0.717, 1.165) is 17.8 Å². The zero-order valence-corrected chi connectivity index (χ0v) is 20.8. The van der Waals surface area contributed by atoms with Crippen LogP contribution in [-0.2, 0) is 32.2 Å². The first-order chi connectivity index (χ1) is 17.3. The van der Waals surface area contributed by atoms with Gasteiger partial charge >= 0.3 is 11.9 Å². The lowest BCUT2D eigenvalue weighted by molar-refractivity contribution is -0.688. The summed E-state index contributed by atoms with van der Waals surface area (Å²) in [6.45, 7) is 15.7. The topological polar surface area (TPSA) is 70.2 Å². The smallest absolute Gasteiger partial charge is 0.333 e. The van der Waals surface area contributed by atoms with Gasteiger partial charge in [0.05, 0.1) is 12.4 Å². The second-order valence-corrected chi connectivity index (χ2v) is 8.34. The van der Waals surface area contributed by atoms with Gasteiger partial charge in [-0.15, -0.1) is 0 Å². The number of rotatable bonds is 12. The van der Waals surface area contributed by atoms with E-state index in [9.17, 15) is 9.59 Å². The number of imidazole rings is 2. The maximum absolute atomic E-state index is 12.3. The molecule has 36 heavy (non-hydrogen) atoms. The van der Waals surface area contributed by atoms with Gasteiger partial charge in [-0.1, -0.05) is 44.0 Å². The highest BCUT2D eigenvalue weighted by molar-refractivity contribution is 5.92. The van der Waals surface area contributed by atoms with Gasteiger partial charge in [-0.05, 0) is 31.1 Å². The third-order valence-electron chi connectivity index (χ3n) is 5.33. The van der Waals surface area contributed by atoms with Crippen LogP contribution in [0.1, 0.15) is 30.7 Å². The second-order valence-electron chi connectivity index (χ2n) is 8.34. The summed E-state index contributed by atoms with van der Waals surface area (Å²) in [4.78, 5) is 23.7. The van der Waals surface area contributed by atoms with E-state index in [4.69, 9.17) is 9.47 Å². The molecule has 0 fully saturated rings. The number of hydrogen-bond acceptors (Lipinski definition) is 4. The Labute approximate surface area is 211 Å². The van der Waals surface area contributed by atoms with Crippen LogP contribution >= 0.6 is 0 Å². The fraction of sp³-hybridized carbons (Fsp3) is 0.214. The predicted molar refractivity (Wildman–Crippen MR) is 137 cm³/mol. The van der Waals surface area contributed by atoms with Gasteiger partial charge in [0, 0.05) is 11.1 Å². The average Bonchev–Trinajstić information content (AvgIpc) is 3.48. The minimum atomic E-state index is -0.511. The summed E-state index contributed by atoms with van der Waals surface area (Å²) in [5.74, 6) is -0.995. The fourth-order valence-corrected chi connectivity index (χ4v) is 3.42. The van der Waals surface area contributed by atoms with E-state index < -0.39 is 11.9 Å². The number of hydrogen-bond donors (Lipinski definition) is 0. The molecule has 0 aliphatic heterocycles. The molecule has 0 aliphatic rings. The van der Waals surface area contributed by atoms with Crippen molar-refractivity contribution in [2.45, 2.75) is 26.9 Å². The van der Waals surface area contributed by atoms with Gasteiger partial charge in [0.2, 0.25) is 12.7 Å². The van der Waals surface area contributed by atoms with Crippen molar-refractivity contribution in [2.75, 3.05) is 13.2 Å². The van der Waals surface area contributed by atoms with Crippen LogP contribution < -0.4 is 9.13 Å². The maximum atomic E-state index is 12.3. The van der Waals surface area contributed by atoms with Crippen LogP contribution in [0.2, 0.25) is 0 Å². The number of benzene rings is 1. The first-order valence-corrected chi connectivity index (χ1v) is 11.5. The Morgan fingerprint density at radius 2 is 1.53 bits per heavy atom. The molecule has 0 bridgehead atoms. The van der Waals surface area contributed by atoms with E-state index in [1.807, 2.05) is 44.9 Å². The predicted octanol–water partition coefficient (Wildman–Crippen LogP) is 3.23. The molecule has 0 radical (unpaired) electrons. The van der Waals surface area contributed by atoms with E-state index >= 15 is 0 Å². The normalized spacial score (nSPS) is 11.1. The lowest BCUT2D eigenvalue weighted by Crippen LogP contribution is -2.32. The molecule has 0 amide bonds. The van der Waals surface area contributed by atoms with E-state index in [2.05, 4.69) is 48.6 Å². The summed E-state index contributed by atoms with van der Waals surface area (Å²) in [6, 6.07) is 8.45. The molecule has 3 aromatic rings. The van der Waals surface area contributed by atoms with Gasteiger partial charge in [0.25, 0.3) is 0 Å². The van der Waals surface area contributed by atoms with Crippen LogP contribution in [-0.4, -0.2) is 34.3 Å². The third-order valence-corrected chi connectivity index (χ3v) is 5.33. The molecule has 2 heterocycles. The monoisotopic (exact) mass is 488 g/mol. The van der Waals surface area contributed by atoms with Gasteiger partial charge in [-0.25, -0.2) is 27.9 Å². The van der Waals surface area contributed by atoms with Crippen molar-refractivity contribution in [1.82, 2.24) is 9.13 Å². The third kappa shape index (κ3) is 7.27. The molecule has 3 rings (SSSR count). The van der Waals surface area contributed by atoms with Crippen molar-refractivity contribution in [3.8, 4) is 0 Å². The number of aromatic nitrogens is 4. The van der Waals surface area contributed by atoms with E-state index in [0.29, 0.717) is 17.7 Å². The first kappa shape index (κ1) is 26.2. The van der Waals surface area contributed by atoms with Crippen LogP contribution in [0.5, 0.6) is 0 Å². The molecule has 0 atom stereocenters. The van der Waals surface area contributed by atoms with Crippen LogP contribution in [0, 0.1) is 0 Å². The number of nitrogens with zero attached hydrogens (tertiary/aromatic N) is 4. The van der Waals surface area contributed by atoms with Crippen molar-refractivity contribution >= 4 is 30.4 Å². The minimum absolute atomic E-state index is 0.0210. The molecule has 0 unspecified atom stereocenters. The number of ether oxygens (including phenoxy) is 2. The molecular weight excluding hydrogens is 456 g/mol. The molecule has 0 N–H and O–H groups in total. The zero-order valence-electron chi connectivity index (χ0n) is 20.8. The fourth-order valence-electron chi connectivity index (χ4n) is 3.42.